The van der Waals surface area contributed by atoms with Gasteiger partial charge in [-0.1, -0.05) is 38.2 Å². The number of carbonyl (C=O) groups is 2. The van der Waals surface area contributed by atoms with Crippen LogP contribution in [0.3, 0.4) is 0 Å². The van der Waals surface area contributed by atoms with Crippen LogP contribution in [0.15, 0.2) is 11.6 Å². The monoisotopic (exact) mass is 342 g/mol. The molecule has 1 unspecified atom stereocenters. The predicted octanol–water partition coefficient (Wildman–Crippen LogP) is 4.43. The Balaban J connectivity index is 4.71. The van der Waals surface area contributed by atoms with E-state index in [2.05, 4.69) is 32.6 Å². The van der Waals surface area contributed by atoms with Gasteiger partial charge in [0, 0.05) is 8.07 Å². The lowest BCUT2D eigenvalue weighted by atomic mass is 9.89. The highest BCUT2D eigenvalue weighted by Crippen LogP contribution is 2.23. The molecule has 4 nitrogen and oxygen atoms in total. The van der Waals surface area contributed by atoms with Crippen molar-refractivity contribution in [3.8, 4) is 0 Å². The molecule has 5 heteroatoms. The number of rotatable bonds is 10. The first kappa shape index (κ1) is 21.9. The minimum absolute atomic E-state index is 0.0935. The molecule has 0 aromatic carbocycles. The summed E-state index contributed by atoms with van der Waals surface area (Å²) in [5.74, 6) is -1.85. The number of esters is 2. The van der Waals surface area contributed by atoms with Gasteiger partial charge in [0.25, 0.3) is 0 Å². The smallest absolute Gasteiger partial charge is 0.320 e. The maximum absolute atomic E-state index is 12.1. The third kappa shape index (κ3) is 9.59. The van der Waals surface area contributed by atoms with Gasteiger partial charge in [-0.3, -0.25) is 9.59 Å². The van der Waals surface area contributed by atoms with E-state index < -0.39 is 25.9 Å². The van der Waals surface area contributed by atoms with Crippen LogP contribution in [0.2, 0.25) is 25.7 Å². The van der Waals surface area contributed by atoms with Crippen LogP contribution < -0.4 is 0 Å². The molecule has 0 N–H and O–H groups in total. The van der Waals surface area contributed by atoms with Crippen molar-refractivity contribution in [3.63, 3.8) is 0 Å². The third-order valence-electron chi connectivity index (χ3n) is 3.57. The van der Waals surface area contributed by atoms with Crippen molar-refractivity contribution in [1.29, 1.82) is 0 Å². The molecule has 0 saturated heterocycles. The second-order valence-corrected chi connectivity index (χ2v) is 12.8. The maximum atomic E-state index is 12.1. The lowest BCUT2D eigenvalue weighted by Crippen LogP contribution is -2.33. The van der Waals surface area contributed by atoms with Crippen molar-refractivity contribution in [2.75, 3.05) is 13.2 Å². The summed E-state index contributed by atoms with van der Waals surface area (Å²) in [5, 5.41) is 0. The van der Waals surface area contributed by atoms with E-state index in [1.165, 1.54) is 11.6 Å². The average molecular weight is 343 g/mol. The molecule has 0 radical (unpaired) electrons. The molecular weight excluding hydrogens is 308 g/mol. The highest BCUT2D eigenvalue weighted by molar-refractivity contribution is 6.76. The van der Waals surface area contributed by atoms with Crippen LogP contribution in [0, 0.1) is 11.8 Å². The zero-order chi connectivity index (χ0) is 18.0. The molecule has 1 atom stereocenters. The standard InChI is InChI=1S/C18H34O4Si/c1-8-21-17(19)16(18(20)22-9-2)15(4)12-10-11-14(3)13-23(5,6)7/h11,15-16H,8-10,12-13H2,1-7H3/b14-11+. The van der Waals surface area contributed by atoms with E-state index in [0.29, 0.717) is 0 Å². The first-order valence-electron chi connectivity index (χ1n) is 8.61. The summed E-state index contributed by atoms with van der Waals surface area (Å²) in [6, 6.07) is 1.18. The Morgan fingerprint density at radius 3 is 1.91 bits per heavy atom. The Morgan fingerprint density at radius 2 is 1.52 bits per heavy atom. The normalized spacial score (nSPS) is 13.8. The quantitative estimate of drug-likeness (QED) is 0.255. The topological polar surface area (TPSA) is 52.6 Å². The number of hydrogen-bond acceptors (Lipinski definition) is 4. The first-order valence-corrected chi connectivity index (χ1v) is 12.3. The second kappa shape index (κ2) is 10.6. The summed E-state index contributed by atoms with van der Waals surface area (Å²) in [4.78, 5) is 24.1. The summed E-state index contributed by atoms with van der Waals surface area (Å²) < 4.78 is 10.1. The Kier molecular flexibility index (Phi) is 10.1. The maximum Gasteiger partial charge on any atom is 0.320 e. The molecule has 0 rings (SSSR count). The van der Waals surface area contributed by atoms with E-state index >= 15 is 0 Å². The van der Waals surface area contributed by atoms with Crippen molar-refractivity contribution < 1.29 is 19.1 Å². The van der Waals surface area contributed by atoms with Crippen LogP contribution >= 0.6 is 0 Å². The summed E-state index contributed by atoms with van der Waals surface area (Å²) in [6.07, 6.45) is 3.88. The number of ether oxygens (including phenoxy) is 2. The number of hydrogen-bond donors (Lipinski definition) is 0. The average Bonchev–Trinajstić information content (AvgIpc) is 2.37. The molecule has 0 aromatic rings. The Morgan fingerprint density at radius 1 is 1.04 bits per heavy atom. The molecule has 23 heavy (non-hydrogen) atoms. The molecular formula is C18H34O4Si. The Bertz CT molecular complexity index is 392. The molecule has 0 aliphatic rings. The highest BCUT2D eigenvalue weighted by atomic mass is 28.3. The summed E-state index contributed by atoms with van der Waals surface area (Å²) in [6.45, 7) is 15.2. The number of carbonyl (C=O) groups excluding carboxylic acids is 2. The molecule has 0 aliphatic carbocycles. The van der Waals surface area contributed by atoms with Crippen LogP contribution in [-0.2, 0) is 19.1 Å². The van der Waals surface area contributed by atoms with Gasteiger partial charge in [0.15, 0.2) is 5.92 Å². The molecule has 0 amide bonds. The molecule has 0 aromatic heterocycles. The lowest BCUT2D eigenvalue weighted by molar-refractivity contribution is -0.164. The van der Waals surface area contributed by atoms with Gasteiger partial charge in [-0.25, -0.2) is 0 Å². The van der Waals surface area contributed by atoms with Gasteiger partial charge >= 0.3 is 11.9 Å². The van der Waals surface area contributed by atoms with Crippen LogP contribution in [0.4, 0.5) is 0 Å². The van der Waals surface area contributed by atoms with Crippen LogP contribution in [0.5, 0.6) is 0 Å². The van der Waals surface area contributed by atoms with Gasteiger partial charge < -0.3 is 9.47 Å². The minimum atomic E-state index is -1.09. The zero-order valence-electron chi connectivity index (χ0n) is 15.9. The predicted molar refractivity (Wildman–Crippen MR) is 97.1 cm³/mol. The molecule has 0 spiro atoms. The van der Waals surface area contributed by atoms with Crippen molar-refractivity contribution in [2.45, 2.75) is 66.2 Å². The van der Waals surface area contributed by atoms with Crippen molar-refractivity contribution in [3.05, 3.63) is 11.6 Å². The lowest BCUT2D eigenvalue weighted by Gasteiger charge is -2.20. The van der Waals surface area contributed by atoms with Crippen LogP contribution in [0.25, 0.3) is 0 Å². The highest BCUT2D eigenvalue weighted by Gasteiger charge is 2.34. The fourth-order valence-corrected chi connectivity index (χ4v) is 4.51. The fourth-order valence-electron chi connectivity index (χ4n) is 2.69. The third-order valence-corrected chi connectivity index (χ3v) is 5.19. The van der Waals surface area contributed by atoms with Gasteiger partial charge in [0.1, 0.15) is 0 Å². The van der Waals surface area contributed by atoms with E-state index in [9.17, 15) is 9.59 Å². The van der Waals surface area contributed by atoms with Gasteiger partial charge in [0.2, 0.25) is 0 Å². The van der Waals surface area contributed by atoms with Gasteiger partial charge in [-0.05, 0) is 45.6 Å². The largest absolute Gasteiger partial charge is 0.465 e. The fraction of sp³-hybridized carbons (Fsp3) is 0.778. The molecule has 0 fully saturated rings. The van der Waals surface area contributed by atoms with E-state index in [1.54, 1.807) is 13.8 Å². The van der Waals surface area contributed by atoms with E-state index in [0.717, 1.165) is 12.8 Å². The zero-order valence-corrected chi connectivity index (χ0v) is 16.9. The summed E-state index contributed by atoms with van der Waals surface area (Å²) in [7, 11) is -1.09. The van der Waals surface area contributed by atoms with Crippen molar-refractivity contribution >= 4 is 20.0 Å². The van der Waals surface area contributed by atoms with E-state index in [1.807, 2.05) is 6.92 Å². The molecule has 0 bridgehead atoms. The summed E-state index contributed by atoms with van der Waals surface area (Å²) >= 11 is 0. The van der Waals surface area contributed by atoms with Crippen LogP contribution in [-0.4, -0.2) is 33.2 Å². The molecule has 0 aliphatic heterocycles. The van der Waals surface area contributed by atoms with Crippen LogP contribution in [0.1, 0.15) is 40.5 Å². The minimum Gasteiger partial charge on any atom is -0.465 e. The van der Waals surface area contributed by atoms with Crippen molar-refractivity contribution in [2.24, 2.45) is 11.8 Å². The van der Waals surface area contributed by atoms with E-state index in [-0.39, 0.29) is 19.1 Å². The van der Waals surface area contributed by atoms with E-state index in [4.69, 9.17) is 9.47 Å². The van der Waals surface area contributed by atoms with Crippen molar-refractivity contribution in [1.82, 2.24) is 0 Å². The molecule has 0 saturated carbocycles. The SMILES string of the molecule is CCOC(=O)C(C(=O)OCC)C(C)CC/C=C(\C)C[Si](C)(C)C. The summed E-state index contributed by atoms with van der Waals surface area (Å²) in [5.41, 5.74) is 1.40. The Labute approximate surface area is 142 Å². The van der Waals surface area contributed by atoms with Gasteiger partial charge in [0.05, 0.1) is 13.2 Å². The molecule has 0 heterocycles. The van der Waals surface area contributed by atoms with Gasteiger partial charge in [-0.15, -0.1) is 0 Å². The first-order chi connectivity index (χ1) is 10.6. The Hall–Kier alpha value is -1.10. The second-order valence-electron chi connectivity index (χ2n) is 7.32. The number of allylic oxidation sites excluding steroid dienone is 2. The molecule has 134 valence electrons. The van der Waals surface area contributed by atoms with Gasteiger partial charge in [-0.2, -0.15) is 0 Å².